The van der Waals surface area contributed by atoms with Crippen LogP contribution in [0.25, 0.3) is 0 Å². The number of nitrogens with two attached hydrogens (primary N) is 1. The Morgan fingerprint density at radius 3 is 3.00 bits per heavy atom. The molecular weight excluding hydrogens is 230 g/mol. The van der Waals surface area contributed by atoms with Gasteiger partial charge < -0.3 is 15.8 Å². The number of amides is 1. The molecule has 0 fully saturated rings. The van der Waals surface area contributed by atoms with Gasteiger partial charge in [-0.25, -0.2) is 4.98 Å². The number of carbonyl (C=O) groups is 1. The van der Waals surface area contributed by atoms with Gasteiger partial charge in [-0.05, 0) is 18.9 Å². The number of rotatable bonds is 4. The highest BCUT2D eigenvalue weighted by atomic mass is 16.5. The summed E-state index contributed by atoms with van der Waals surface area (Å²) >= 11 is 0. The number of nitrogens with one attached hydrogen (secondary N) is 1. The van der Waals surface area contributed by atoms with E-state index in [1.54, 1.807) is 7.11 Å². The molecule has 0 radical (unpaired) electrons. The van der Waals surface area contributed by atoms with E-state index >= 15 is 0 Å². The van der Waals surface area contributed by atoms with Crippen LogP contribution in [0.2, 0.25) is 0 Å². The minimum Gasteiger partial charge on any atom is -0.481 e. The molecule has 98 valence electrons. The first kappa shape index (κ1) is 12.7. The quantitative estimate of drug-likeness (QED) is 0.850. The van der Waals surface area contributed by atoms with E-state index in [2.05, 4.69) is 17.2 Å². The Kier molecular flexibility index (Phi) is 3.69. The standard InChI is InChI=1S/C13H19N3O2/c1-3-9-6-8(7-11(14)17)13-10(15-9)4-5-12(16-13)18-2/h4-5,8-9,15H,3,6-7H2,1-2H3,(H2,14,17)/t8-,9-/m0/s1. The molecule has 0 saturated heterocycles. The Balaban J connectivity index is 2.33. The van der Waals surface area contributed by atoms with Crippen molar-refractivity contribution in [1.82, 2.24) is 4.98 Å². The molecule has 1 aliphatic rings. The topological polar surface area (TPSA) is 77.2 Å². The third-order valence-corrected chi connectivity index (χ3v) is 3.36. The molecule has 0 saturated carbocycles. The summed E-state index contributed by atoms with van der Waals surface area (Å²) < 4.78 is 5.13. The van der Waals surface area contributed by atoms with Crippen LogP contribution in [0.3, 0.4) is 0 Å². The van der Waals surface area contributed by atoms with E-state index in [1.807, 2.05) is 12.1 Å². The van der Waals surface area contributed by atoms with E-state index in [-0.39, 0.29) is 11.8 Å². The van der Waals surface area contributed by atoms with Crippen LogP contribution in [0.5, 0.6) is 5.88 Å². The van der Waals surface area contributed by atoms with Crippen LogP contribution >= 0.6 is 0 Å². The predicted molar refractivity (Wildman–Crippen MR) is 69.7 cm³/mol. The molecule has 1 aromatic rings. The predicted octanol–water partition coefficient (Wildman–Crippen LogP) is 1.64. The molecule has 0 spiro atoms. The average Bonchev–Trinajstić information content (AvgIpc) is 2.37. The van der Waals surface area contributed by atoms with Gasteiger partial charge in [-0.15, -0.1) is 0 Å². The van der Waals surface area contributed by atoms with Crippen molar-refractivity contribution >= 4 is 11.6 Å². The molecule has 0 bridgehead atoms. The van der Waals surface area contributed by atoms with Gasteiger partial charge in [0.2, 0.25) is 11.8 Å². The summed E-state index contributed by atoms with van der Waals surface area (Å²) in [7, 11) is 1.59. The molecule has 2 atom stereocenters. The van der Waals surface area contributed by atoms with Crippen molar-refractivity contribution in [2.45, 2.75) is 38.1 Å². The number of hydrogen-bond acceptors (Lipinski definition) is 4. The number of carbonyl (C=O) groups excluding carboxylic acids is 1. The van der Waals surface area contributed by atoms with Crippen LogP contribution in [0.1, 0.15) is 37.8 Å². The van der Waals surface area contributed by atoms with Crippen molar-refractivity contribution in [2.75, 3.05) is 12.4 Å². The first-order valence-electron chi connectivity index (χ1n) is 6.23. The van der Waals surface area contributed by atoms with Crippen molar-refractivity contribution in [2.24, 2.45) is 5.73 Å². The van der Waals surface area contributed by atoms with E-state index in [4.69, 9.17) is 10.5 Å². The zero-order chi connectivity index (χ0) is 13.1. The zero-order valence-electron chi connectivity index (χ0n) is 10.8. The molecule has 1 aromatic heterocycles. The molecule has 2 heterocycles. The molecule has 18 heavy (non-hydrogen) atoms. The maximum atomic E-state index is 11.2. The van der Waals surface area contributed by atoms with Crippen molar-refractivity contribution in [1.29, 1.82) is 0 Å². The molecule has 0 aliphatic carbocycles. The molecule has 0 unspecified atom stereocenters. The summed E-state index contributed by atoms with van der Waals surface area (Å²) in [6.45, 7) is 2.13. The van der Waals surface area contributed by atoms with Crippen molar-refractivity contribution in [3.63, 3.8) is 0 Å². The zero-order valence-corrected chi connectivity index (χ0v) is 10.8. The summed E-state index contributed by atoms with van der Waals surface area (Å²) in [6, 6.07) is 4.15. The van der Waals surface area contributed by atoms with Crippen LogP contribution < -0.4 is 15.8 Å². The number of fused-ring (bicyclic) bond motifs is 1. The highest BCUT2D eigenvalue weighted by molar-refractivity contribution is 5.75. The SMILES string of the molecule is CC[C@H]1C[C@@H](CC(N)=O)c2nc(OC)ccc2N1. The number of pyridine rings is 1. The lowest BCUT2D eigenvalue weighted by Gasteiger charge is -2.31. The Bertz CT molecular complexity index is 448. The van der Waals surface area contributed by atoms with Crippen LogP contribution in [0.4, 0.5) is 5.69 Å². The van der Waals surface area contributed by atoms with Gasteiger partial charge in [-0.2, -0.15) is 0 Å². The van der Waals surface area contributed by atoms with E-state index < -0.39 is 0 Å². The van der Waals surface area contributed by atoms with Crippen molar-refractivity contribution in [3.05, 3.63) is 17.8 Å². The second-order valence-electron chi connectivity index (χ2n) is 4.64. The third kappa shape index (κ3) is 2.55. The monoisotopic (exact) mass is 249 g/mol. The fourth-order valence-corrected chi connectivity index (χ4v) is 2.43. The highest BCUT2D eigenvalue weighted by Gasteiger charge is 2.28. The number of methoxy groups -OCH3 is 1. The number of nitrogens with zero attached hydrogens (tertiary/aromatic N) is 1. The molecule has 1 aliphatic heterocycles. The fourth-order valence-electron chi connectivity index (χ4n) is 2.43. The van der Waals surface area contributed by atoms with Gasteiger partial charge in [0.05, 0.1) is 18.5 Å². The van der Waals surface area contributed by atoms with Crippen LogP contribution in [0.15, 0.2) is 12.1 Å². The van der Waals surface area contributed by atoms with Gasteiger partial charge in [0.25, 0.3) is 0 Å². The number of hydrogen-bond donors (Lipinski definition) is 2. The average molecular weight is 249 g/mol. The lowest BCUT2D eigenvalue weighted by Crippen LogP contribution is -2.30. The summed E-state index contributed by atoms with van der Waals surface area (Å²) in [6.07, 6.45) is 2.23. The Morgan fingerprint density at radius 1 is 1.61 bits per heavy atom. The van der Waals surface area contributed by atoms with Crippen LogP contribution in [-0.4, -0.2) is 24.0 Å². The number of ether oxygens (including phenoxy) is 1. The van der Waals surface area contributed by atoms with E-state index in [1.165, 1.54) is 0 Å². The fraction of sp³-hybridized carbons (Fsp3) is 0.538. The van der Waals surface area contributed by atoms with E-state index in [9.17, 15) is 4.79 Å². The lowest BCUT2D eigenvalue weighted by atomic mass is 9.87. The van der Waals surface area contributed by atoms with Crippen molar-refractivity contribution in [3.8, 4) is 5.88 Å². The van der Waals surface area contributed by atoms with Gasteiger partial charge in [-0.3, -0.25) is 4.79 Å². The molecule has 1 amide bonds. The maximum absolute atomic E-state index is 11.2. The van der Waals surface area contributed by atoms with Crippen LogP contribution in [0, 0.1) is 0 Å². The first-order chi connectivity index (χ1) is 8.63. The molecule has 5 heteroatoms. The Hall–Kier alpha value is -1.78. The first-order valence-corrected chi connectivity index (χ1v) is 6.23. The highest BCUT2D eigenvalue weighted by Crippen LogP contribution is 2.36. The summed E-state index contributed by atoms with van der Waals surface area (Å²) in [5, 5.41) is 3.43. The second-order valence-corrected chi connectivity index (χ2v) is 4.64. The van der Waals surface area contributed by atoms with Gasteiger partial charge in [0, 0.05) is 24.4 Å². The minimum absolute atomic E-state index is 0.0822. The third-order valence-electron chi connectivity index (χ3n) is 3.36. The van der Waals surface area contributed by atoms with Crippen molar-refractivity contribution < 1.29 is 9.53 Å². The summed E-state index contributed by atoms with van der Waals surface area (Å²) in [5.41, 5.74) is 7.19. The Labute approximate surface area is 107 Å². The number of primary amides is 1. The Morgan fingerprint density at radius 2 is 2.39 bits per heavy atom. The van der Waals surface area contributed by atoms with Gasteiger partial charge in [-0.1, -0.05) is 6.92 Å². The molecule has 0 aromatic carbocycles. The van der Waals surface area contributed by atoms with E-state index in [0.717, 1.165) is 24.2 Å². The molecule has 3 N–H and O–H groups in total. The normalized spacial score (nSPS) is 21.9. The van der Waals surface area contributed by atoms with Crippen LogP contribution in [-0.2, 0) is 4.79 Å². The van der Waals surface area contributed by atoms with Gasteiger partial charge in [0.1, 0.15) is 0 Å². The molecule has 2 rings (SSSR count). The molecular formula is C13H19N3O2. The lowest BCUT2D eigenvalue weighted by molar-refractivity contribution is -0.118. The van der Waals surface area contributed by atoms with E-state index in [0.29, 0.717) is 18.3 Å². The largest absolute Gasteiger partial charge is 0.481 e. The number of aromatic nitrogens is 1. The van der Waals surface area contributed by atoms with Gasteiger partial charge >= 0.3 is 0 Å². The number of anilines is 1. The maximum Gasteiger partial charge on any atom is 0.218 e. The minimum atomic E-state index is -0.285. The second kappa shape index (κ2) is 5.25. The summed E-state index contributed by atoms with van der Waals surface area (Å²) in [4.78, 5) is 15.6. The smallest absolute Gasteiger partial charge is 0.218 e. The molecule has 5 nitrogen and oxygen atoms in total. The summed E-state index contributed by atoms with van der Waals surface area (Å²) in [5.74, 6) is 0.367. The van der Waals surface area contributed by atoms with Gasteiger partial charge in [0.15, 0.2) is 0 Å².